The van der Waals surface area contributed by atoms with Crippen LogP contribution >= 0.6 is 45.5 Å². The van der Waals surface area contributed by atoms with Crippen LogP contribution in [-0.2, 0) is 16.1 Å². The summed E-state index contributed by atoms with van der Waals surface area (Å²) >= 11 is 9.53. The van der Waals surface area contributed by atoms with Gasteiger partial charge in [0.2, 0.25) is 0 Å². The van der Waals surface area contributed by atoms with Gasteiger partial charge in [-0.15, -0.1) is 0 Å². The van der Waals surface area contributed by atoms with E-state index in [9.17, 15) is 9.59 Å². The van der Waals surface area contributed by atoms with Crippen LogP contribution in [0.15, 0.2) is 76.2 Å². The Labute approximate surface area is 282 Å². The molecule has 0 saturated heterocycles. The molecule has 12 heteroatoms. The van der Waals surface area contributed by atoms with Crippen molar-refractivity contribution in [2.75, 3.05) is 27.4 Å². The fraction of sp³-hybridized carbons (Fsp3) is 0.242. The van der Waals surface area contributed by atoms with E-state index in [4.69, 9.17) is 35.3 Å². The molecule has 0 spiro atoms. The summed E-state index contributed by atoms with van der Waals surface area (Å²) in [5.74, 6) is 1.60. The van der Waals surface area contributed by atoms with Crippen molar-refractivity contribution in [3.05, 3.63) is 111 Å². The van der Waals surface area contributed by atoms with Gasteiger partial charge in [-0.25, -0.2) is 9.79 Å². The van der Waals surface area contributed by atoms with Crippen molar-refractivity contribution in [2.24, 2.45) is 4.99 Å². The first-order chi connectivity index (χ1) is 21.8. The lowest BCUT2D eigenvalue weighted by atomic mass is 9.97. The fourth-order valence-corrected chi connectivity index (χ4v) is 6.85. The number of carbonyl (C=O) groups excluding carboxylic acids is 1. The molecule has 0 fully saturated rings. The van der Waals surface area contributed by atoms with Gasteiger partial charge in [0.25, 0.3) is 5.56 Å². The highest BCUT2D eigenvalue weighted by atomic mass is 127. The van der Waals surface area contributed by atoms with Crippen molar-refractivity contribution >= 4 is 57.6 Å². The molecular weight excluding hydrogens is 731 g/mol. The predicted octanol–water partition coefficient (Wildman–Crippen LogP) is 5.66. The minimum atomic E-state index is -0.789. The SMILES string of the molecule is CCOc1ccc([C@@H]2C(C(=O)OC)=CN=c3s/c(=C/c4cc(I)c(OCc5cccc(Cl)c5)c(OC)c4)c(=O)n32)cc1OCC. The van der Waals surface area contributed by atoms with E-state index in [1.54, 1.807) is 25.3 Å². The topological polar surface area (TPSA) is 97.6 Å². The van der Waals surface area contributed by atoms with Gasteiger partial charge in [0.15, 0.2) is 27.8 Å². The normalized spacial score (nSPS) is 14.2. The van der Waals surface area contributed by atoms with Crippen molar-refractivity contribution in [3.63, 3.8) is 0 Å². The maximum absolute atomic E-state index is 14.0. The van der Waals surface area contributed by atoms with Crippen molar-refractivity contribution in [3.8, 4) is 23.0 Å². The molecule has 234 valence electrons. The van der Waals surface area contributed by atoms with Crippen LogP contribution in [0.5, 0.6) is 23.0 Å². The summed E-state index contributed by atoms with van der Waals surface area (Å²) in [5, 5.41) is 0.632. The summed E-state index contributed by atoms with van der Waals surface area (Å²) in [7, 11) is 2.86. The number of fused-ring (bicyclic) bond motifs is 1. The van der Waals surface area contributed by atoms with Crippen molar-refractivity contribution in [1.82, 2.24) is 4.57 Å². The van der Waals surface area contributed by atoms with E-state index in [1.165, 1.54) is 29.2 Å². The Hall–Kier alpha value is -3.81. The average molecular weight is 761 g/mol. The van der Waals surface area contributed by atoms with E-state index >= 15 is 0 Å². The second-order valence-electron chi connectivity index (χ2n) is 9.70. The molecule has 1 atom stereocenters. The number of esters is 1. The van der Waals surface area contributed by atoms with Crippen molar-refractivity contribution < 1.29 is 28.5 Å². The molecule has 0 unspecified atom stereocenters. The number of benzene rings is 3. The summed E-state index contributed by atoms with van der Waals surface area (Å²) in [6, 6.07) is 15.8. The number of hydrogen-bond donors (Lipinski definition) is 0. The van der Waals surface area contributed by atoms with E-state index in [2.05, 4.69) is 27.6 Å². The Morgan fingerprint density at radius 2 is 1.80 bits per heavy atom. The Balaban J connectivity index is 1.56. The number of halogens is 2. The molecule has 2 heterocycles. The van der Waals surface area contributed by atoms with Gasteiger partial charge in [0, 0.05) is 11.2 Å². The molecule has 3 aromatic carbocycles. The molecule has 0 radical (unpaired) electrons. The summed E-state index contributed by atoms with van der Waals surface area (Å²) < 4.78 is 31.1. The number of thiazole rings is 1. The maximum atomic E-state index is 14.0. The molecule has 45 heavy (non-hydrogen) atoms. The zero-order valence-corrected chi connectivity index (χ0v) is 28.7. The van der Waals surface area contributed by atoms with E-state index in [0.29, 0.717) is 62.7 Å². The second-order valence-corrected chi connectivity index (χ2v) is 12.3. The van der Waals surface area contributed by atoms with Crippen LogP contribution in [-0.4, -0.2) is 38.0 Å². The van der Waals surface area contributed by atoms with Crippen LogP contribution in [0.4, 0.5) is 0 Å². The molecule has 9 nitrogen and oxygen atoms in total. The number of rotatable bonds is 11. The predicted molar refractivity (Wildman–Crippen MR) is 181 cm³/mol. The first-order valence-electron chi connectivity index (χ1n) is 14.0. The first kappa shape index (κ1) is 32.6. The van der Waals surface area contributed by atoms with E-state index < -0.39 is 12.0 Å². The third kappa shape index (κ3) is 7.05. The lowest BCUT2D eigenvalue weighted by Crippen LogP contribution is -2.39. The monoisotopic (exact) mass is 760 g/mol. The lowest BCUT2D eigenvalue weighted by molar-refractivity contribution is -0.136. The maximum Gasteiger partial charge on any atom is 0.337 e. The van der Waals surface area contributed by atoms with Crippen LogP contribution in [0, 0.1) is 3.57 Å². The number of methoxy groups -OCH3 is 2. The van der Waals surface area contributed by atoms with Gasteiger partial charge in [-0.1, -0.05) is 41.1 Å². The molecule has 0 aliphatic carbocycles. The Morgan fingerprint density at radius 3 is 2.51 bits per heavy atom. The largest absolute Gasteiger partial charge is 0.493 e. The van der Waals surface area contributed by atoms with Crippen molar-refractivity contribution in [2.45, 2.75) is 26.5 Å². The van der Waals surface area contributed by atoms with E-state index in [-0.39, 0.29) is 11.1 Å². The summed E-state index contributed by atoms with van der Waals surface area (Å²) in [5.41, 5.74) is 2.23. The molecular formula is C33H30ClIN2O7S. The number of hydrogen-bond acceptors (Lipinski definition) is 9. The van der Waals surface area contributed by atoms with Gasteiger partial charge in [0.05, 0.1) is 47.2 Å². The number of aromatic nitrogens is 1. The smallest absolute Gasteiger partial charge is 0.337 e. The van der Waals surface area contributed by atoms with Gasteiger partial charge in [-0.2, -0.15) is 0 Å². The molecule has 1 aliphatic rings. The molecule has 0 amide bonds. The molecule has 1 aliphatic heterocycles. The van der Waals surface area contributed by atoms with Crippen molar-refractivity contribution in [1.29, 1.82) is 0 Å². The molecule has 4 aromatic rings. The third-order valence-electron chi connectivity index (χ3n) is 6.83. The van der Waals surface area contributed by atoms with Crippen LogP contribution < -0.4 is 33.8 Å². The van der Waals surface area contributed by atoms with Crippen LogP contribution in [0.1, 0.15) is 36.6 Å². The van der Waals surface area contributed by atoms with Gasteiger partial charge in [-0.05, 0) is 95.6 Å². The number of ether oxygens (including phenoxy) is 5. The molecule has 0 saturated carbocycles. The lowest BCUT2D eigenvalue weighted by Gasteiger charge is -2.23. The highest BCUT2D eigenvalue weighted by Gasteiger charge is 2.31. The standard InChI is InChI=1S/C33H30ClIN2O7S/c1-5-42-25-11-10-21(16-26(25)43-6-2)29-23(32(39)41-4)17-36-33-37(29)31(38)28(45-33)15-20-13-24(35)30(27(14-20)40-3)44-18-19-8-7-9-22(34)12-19/h7-17,29H,5-6,18H2,1-4H3/b28-15+/t29-/m1/s1. The van der Waals surface area contributed by atoms with E-state index in [1.807, 2.05) is 56.3 Å². The summed E-state index contributed by atoms with van der Waals surface area (Å²) in [6.07, 6.45) is 3.23. The number of carbonyl (C=O) groups is 1. The Morgan fingerprint density at radius 1 is 1.02 bits per heavy atom. The minimum absolute atomic E-state index is 0.223. The zero-order chi connectivity index (χ0) is 32.1. The van der Waals surface area contributed by atoms with Gasteiger partial charge in [-0.3, -0.25) is 9.36 Å². The quantitative estimate of drug-likeness (QED) is 0.144. The van der Waals surface area contributed by atoms with E-state index in [0.717, 1.165) is 14.7 Å². The van der Waals surface area contributed by atoms with Crippen LogP contribution in [0.25, 0.3) is 6.08 Å². The van der Waals surface area contributed by atoms with Gasteiger partial charge < -0.3 is 23.7 Å². The summed E-state index contributed by atoms with van der Waals surface area (Å²) in [6.45, 7) is 4.95. The second kappa shape index (κ2) is 14.5. The summed E-state index contributed by atoms with van der Waals surface area (Å²) in [4.78, 5) is 31.8. The van der Waals surface area contributed by atoms with Crippen LogP contribution in [0.2, 0.25) is 5.02 Å². The number of nitrogens with zero attached hydrogens (tertiary/aromatic N) is 2. The molecule has 0 N–H and O–H groups in total. The molecule has 5 rings (SSSR count). The Kier molecular flexibility index (Phi) is 10.5. The van der Waals surface area contributed by atoms with Crippen LogP contribution in [0.3, 0.4) is 0 Å². The fourth-order valence-electron chi connectivity index (χ4n) is 4.88. The van der Waals surface area contributed by atoms with Gasteiger partial charge >= 0.3 is 5.97 Å². The average Bonchev–Trinajstić information content (AvgIpc) is 3.35. The highest BCUT2D eigenvalue weighted by Crippen LogP contribution is 2.36. The molecule has 1 aromatic heterocycles. The van der Waals surface area contributed by atoms with Gasteiger partial charge in [0.1, 0.15) is 6.61 Å². The zero-order valence-electron chi connectivity index (χ0n) is 25.0. The Bertz CT molecular complexity index is 1950. The third-order valence-corrected chi connectivity index (χ3v) is 8.86. The molecule has 0 bridgehead atoms. The first-order valence-corrected chi connectivity index (χ1v) is 16.3. The highest BCUT2D eigenvalue weighted by molar-refractivity contribution is 14.1. The minimum Gasteiger partial charge on any atom is -0.493 e.